The summed E-state index contributed by atoms with van der Waals surface area (Å²) >= 11 is 0. The van der Waals surface area contributed by atoms with E-state index in [4.69, 9.17) is 5.73 Å². The SMILES string of the molecule is Cc1ccc(N)c(N=Nc2ccc(C)cc2S(=O)(=O)O)c1. The molecule has 0 aliphatic rings. The third kappa shape index (κ3) is 3.65. The van der Waals surface area contributed by atoms with Crippen molar-refractivity contribution in [3.05, 3.63) is 47.5 Å². The highest BCUT2D eigenvalue weighted by Crippen LogP contribution is 2.29. The molecule has 6 nitrogen and oxygen atoms in total. The van der Waals surface area contributed by atoms with Gasteiger partial charge in [-0.2, -0.15) is 8.42 Å². The second-order valence-electron chi connectivity index (χ2n) is 4.71. The van der Waals surface area contributed by atoms with Crippen molar-refractivity contribution in [3.63, 3.8) is 0 Å². The topological polar surface area (TPSA) is 105 Å². The number of hydrogen-bond acceptors (Lipinski definition) is 5. The van der Waals surface area contributed by atoms with Crippen LogP contribution in [0.5, 0.6) is 0 Å². The van der Waals surface area contributed by atoms with Gasteiger partial charge in [-0.25, -0.2) is 0 Å². The molecule has 0 saturated heterocycles. The van der Waals surface area contributed by atoms with Crippen LogP contribution in [0.1, 0.15) is 11.1 Å². The molecule has 7 heteroatoms. The zero-order valence-corrected chi connectivity index (χ0v) is 12.4. The number of benzene rings is 2. The zero-order valence-electron chi connectivity index (χ0n) is 11.6. The Morgan fingerprint density at radius 1 is 0.952 bits per heavy atom. The van der Waals surface area contributed by atoms with Crippen molar-refractivity contribution >= 4 is 27.2 Å². The first-order valence-electron chi connectivity index (χ1n) is 6.13. The first-order chi connectivity index (χ1) is 9.77. The quantitative estimate of drug-likeness (QED) is 0.514. The Hall–Kier alpha value is -2.25. The van der Waals surface area contributed by atoms with E-state index >= 15 is 0 Å². The summed E-state index contributed by atoms with van der Waals surface area (Å²) in [6, 6.07) is 9.77. The van der Waals surface area contributed by atoms with Crippen LogP contribution in [-0.2, 0) is 10.1 Å². The fourth-order valence-electron chi connectivity index (χ4n) is 1.76. The minimum atomic E-state index is -4.36. The number of hydrogen-bond donors (Lipinski definition) is 2. The van der Waals surface area contributed by atoms with Crippen molar-refractivity contribution in [3.8, 4) is 0 Å². The van der Waals surface area contributed by atoms with E-state index in [-0.39, 0.29) is 10.6 Å². The molecule has 3 N–H and O–H groups in total. The van der Waals surface area contributed by atoms with Gasteiger partial charge in [0.1, 0.15) is 16.3 Å². The molecule has 2 aromatic rings. The van der Waals surface area contributed by atoms with E-state index in [1.807, 2.05) is 13.0 Å². The van der Waals surface area contributed by atoms with Gasteiger partial charge in [-0.15, -0.1) is 10.2 Å². The maximum Gasteiger partial charge on any atom is 0.296 e. The number of rotatable bonds is 3. The van der Waals surface area contributed by atoms with Crippen LogP contribution >= 0.6 is 0 Å². The van der Waals surface area contributed by atoms with Gasteiger partial charge in [0.15, 0.2) is 0 Å². The van der Waals surface area contributed by atoms with E-state index < -0.39 is 10.1 Å². The first-order valence-corrected chi connectivity index (χ1v) is 7.57. The molecule has 0 heterocycles. The summed E-state index contributed by atoms with van der Waals surface area (Å²) < 4.78 is 32.0. The van der Waals surface area contributed by atoms with Gasteiger partial charge in [0.2, 0.25) is 0 Å². The molecule has 2 rings (SSSR count). The standard InChI is InChI=1S/C14H15N3O3S/c1-9-3-5-11(15)13(7-9)17-16-12-6-4-10(2)8-14(12)21(18,19)20/h3-8H,15H2,1-2H3,(H,18,19,20). The summed E-state index contributed by atoms with van der Waals surface area (Å²) in [5, 5.41) is 7.86. The molecule has 0 radical (unpaired) electrons. The van der Waals surface area contributed by atoms with Crippen LogP contribution in [0, 0.1) is 13.8 Å². The smallest absolute Gasteiger partial charge is 0.296 e. The lowest BCUT2D eigenvalue weighted by Crippen LogP contribution is -1.98. The maximum absolute atomic E-state index is 11.4. The lowest BCUT2D eigenvalue weighted by Gasteiger charge is -2.04. The largest absolute Gasteiger partial charge is 0.397 e. The molecule has 0 amide bonds. The van der Waals surface area contributed by atoms with E-state index in [1.54, 1.807) is 25.1 Å². The molecule has 2 aromatic carbocycles. The molecule has 0 atom stereocenters. The van der Waals surface area contributed by atoms with E-state index in [2.05, 4.69) is 10.2 Å². The monoisotopic (exact) mass is 305 g/mol. The molecular weight excluding hydrogens is 290 g/mol. The van der Waals surface area contributed by atoms with Gasteiger partial charge >= 0.3 is 0 Å². The Balaban J connectivity index is 2.49. The Kier molecular flexibility index (Phi) is 4.06. The molecule has 0 aliphatic heterocycles. The van der Waals surface area contributed by atoms with Crippen molar-refractivity contribution in [2.75, 3.05) is 5.73 Å². The fraction of sp³-hybridized carbons (Fsp3) is 0.143. The molecule has 0 aliphatic carbocycles. The van der Waals surface area contributed by atoms with Gasteiger partial charge in [0.25, 0.3) is 10.1 Å². The molecule has 0 aromatic heterocycles. The lowest BCUT2D eigenvalue weighted by atomic mass is 10.2. The van der Waals surface area contributed by atoms with Crippen LogP contribution in [-0.4, -0.2) is 13.0 Å². The number of nitrogen functional groups attached to an aromatic ring is 1. The Morgan fingerprint density at radius 3 is 2.19 bits per heavy atom. The predicted molar refractivity (Wildman–Crippen MR) is 80.8 cm³/mol. The minimum Gasteiger partial charge on any atom is -0.397 e. The van der Waals surface area contributed by atoms with Crippen LogP contribution in [0.2, 0.25) is 0 Å². The average molecular weight is 305 g/mol. The Morgan fingerprint density at radius 2 is 1.52 bits per heavy atom. The van der Waals surface area contributed by atoms with Gasteiger partial charge in [-0.3, -0.25) is 4.55 Å². The second kappa shape index (κ2) is 5.63. The number of azo groups is 1. The number of nitrogens with two attached hydrogens (primary N) is 1. The van der Waals surface area contributed by atoms with Crippen LogP contribution in [0.25, 0.3) is 0 Å². The van der Waals surface area contributed by atoms with Crippen LogP contribution in [0.3, 0.4) is 0 Å². The van der Waals surface area contributed by atoms with Gasteiger partial charge in [0, 0.05) is 0 Å². The van der Waals surface area contributed by atoms with E-state index in [9.17, 15) is 13.0 Å². The van der Waals surface area contributed by atoms with Gasteiger partial charge in [-0.05, 0) is 49.2 Å². The fourth-order valence-corrected chi connectivity index (χ4v) is 2.47. The van der Waals surface area contributed by atoms with Gasteiger partial charge in [-0.1, -0.05) is 12.1 Å². The highest BCUT2D eigenvalue weighted by atomic mass is 32.2. The van der Waals surface area contributed by atoms with Gasteiger partial charge < -0.3 is 5.73 Å². The summed E-state index contributed by atoms with van der Waals surface area (Å²) in [5.74, 6) is 0. The molecule has 110 valence electrons. The Labute approximate surface area is 123 Å². The lowest BCUT2D eigenvalue weighted by molar-refractivity contribution is 0.483. The maximum atomic E-state index is 11.4. The predicted octanol–water partition coefficient (Wildman–Crippen LogP) is 3.55. The van der Waals surface area contributed by atoms with Crippen molar-refractivity contribution < 1.29 is 13.0 Å². The average Bonchev–Trinajstić information content (AvgIpc) is 2.40. The number of nitrogens with zero attached hydrogens (tertiary/aromatic N) is 2. The summed E-state index contributed by atoms with van der Waals surface area (Å²) in [7, 11) is -4.36. The van der Waals surface area contributed by atoms with E-state index in [0.717, 1.165) is 5.56 Å². The first kappa shape index (κ1) is 15.1. The van der Waals surface area contributed by atoms with Crippen molar-refractivity contribution in [1.29, 1.82) is 0 Å². The normalized spacial score (nSPS) is 12.0. The third-order valence-electron chi connectivity index (χ3n) is 2.84. The van der Waals surface area contributed by atoms with Crippen LogP contribution < -0.4 is 5.73 Å². The number of aryl methyl sites for hydroxylation is 2. The second-order valence-corrected chi connectivity index (χ2v) is 6.10. The van der Waals surface area contributed by atoms with Crippen molar-refractivity contribution in [1.82, 2.24) is 0 Å². The summed E-state index contributed by atoms with van der Waals surface area (Å²) in [6.45, 7) is 3.60. The van der Waals surface area contributed by atoms with Crippen LogP contribution in [0.15, 0.2) is 51.5 Å². The van der Waals surface area contributed by atoms with Gasteiger partial charge in [0.05, 0.1) is 5.69 Å². The summed E-state index contributed by atoms with van der Waals surface area (Å²) in [5.41, 5.74) is 8.36. The molecule has 0 saturated carbocycles. The Bertz CT molecular complexity index is 814. The van der Waals surface area contributed by atoms with Crippen LogP contribution in [0.4, 0.5) is 17.1 Å². The molecular formula is C14H15N3O3S. The molecule has 0 unspecified atom stereocenters. The molecule has 0 fully saturated rings. The highest BCUT2D eigenvalue weighted by Gasteiger charge is 2.15. The van der Waals surface area contributed by atoms with Crippen molar-refractivity contribution in [2.24, 2.45) is 10.2 Å². The molecule has 0 spiro atoms. The molecule has 0 bridgehead atoms. The summed E-state index contributed by atoms with van der Waals surface area (Å²) in [6.07, 6.45) is 0. The minimum absolute atomic E-state index is 0.0593. The molecule has 21 heavy (non-hydrogen) atoms. The summed E-state index contributed by atoms with van der Waals surface area (Å²) in [4.78, 5) is -0.280. The van der Waals surface area contributed by atoms with E-state index in [1.165, 1.54) is 12.1 Å². The third-order valence-corrected chi connectivity index (χ3v) is 3.73. The van der Waals surface area contributed by atoms with E-state index in [0.29, 0.717) is 16.9 Å². The highest BCUT2D eigenvalue weighted by molar-refractivity contribution is 7.86. The van der Waals surface area contributed by atoms with Crippen molar-refractivity contribution in [2.45, 2.75) is 18.7 Å². The zero-order chi connectivity index (χ0) is 15.6. The number of anilines is 1.